The number of aromatic nitrogens is 5. The largest absolute Gasteiger partial charge is 0.347 e. The van der Waals surface area contributed by atoms with Crippen LogP contribution in [0.4, 0.5) is 5.69 Å². The summed E-state index contributed by atoms with van der Waals surface area (Å²) >= 11 is 0. The Morgan fingerprint density at radius 3 is 2.70 bits per heavy atom. The number of fused-ring (bicyclic) bond motifs is 1. The van der Waals surface area contributed by atoms with Crippen molar-refractivity contribution in [3.63, 3.8) is 0 Å². The summed E-state index contributed by atoms with van der Waals surface area (Å²) in [6.07, 6.45) is 5.02. The third-order valence-corrected chi connectivity index (χ3v) is 4.43. The summed E-state index contributed by atoms with van der Waals surface area (Å²) in [6, 6.07) is 15.7. The molecular formula is C20H20N6O. The molecule has 0 radical (unpaired) electrons. The van der Waals surface area contributed by atoms with Crippen LogP contribution in [0.15, 0.2) is 61.1 Å². The summed E-state index contributed by atoms with van der Waals surface area (Å²) in [4.78, 5) is 12.4. The van der Waals surface area contributed by atoms with E-state index in [9.17, 15) is 4.79 Å². The van der Waals surface area contributed by atoms with Crippen molar-refractivity contribution in [2.24, 2.45) is 0 Å². The molecule has 2 aromatic heterocycles. The normalized spacial score (nSPS) is 11.0. The molecular weight excluding hydrogens is 340 g/mol. The zero-order valence-electron chi connectivity index (χ0n) is 15.0. The summed E-state index contributed by atoms with van der Waals surface area (Å²) in [5.74, 6) is -0.0440. The topological polar surface area (TPSA) is 77.6 Å². The van der Waals surface area contributed by atoms with Crippen LogP contribution in [0.2, 0.25) is 0 Å². The van der Waals surface area contributed by atoms with E-state index in [-0.39, 0.29) is 5.91 Å². The van der Waals surface area contributed by atoms with Crippen LogP contribution in [0.25, 0.3) is 16.6 Å². The minimum atomic E-state index is -0.0440. The highest BCUT2D eigenvalue weighted by atomic mass is 16.1. The van der Waals surface area contributed by atoms with Crippen LogP contribution in [0.5, 0.6) is 0 Å². The average Bonchev–Trinajstić information content (AvgIpc) is 3.33. The van der Waals surface area contributed by atoms with Crippen molar-refractivity contribution in [1.82, 2.24) is 24.8 Å². The molecule has 4 aromatic rings. The molecule has 1 amide bonds. The Balaban J connectivity index is 1.42. The van der Waals surface area contributed by atoms with Crippen molar-refractivity contribution in [3.8, 4) is 5.69 Å². The van der Waals surface area contributed by atoms with Gasteiger partial charge in [-0.15, -0.1) is 5.10 Å². The van der Waals surface area contributed by atoms with E-state index in [1.165, 1.54) is 11.8 Å². The lowest BCUT2D eigenvalue weighted by Gasteiger charge is -2.08. The highest BCUT2D eigenvalue weighted by Crippen LogP contribution is 2.21. The molecule has 0 aliphatic heterocycles. The van der Waals surface area contributed by atoms with Crippen molar-refractivity contribution in [3.05, 3.63) is 66.6 Å². The van der Waals surface area contributed by atoms with Gasteiger partial charge < -0.3 is 9.88 Å². The average molecular weight is 360 g/mol. The van der Waals surface area contributed by atoms with Gasteiger partial charge in [0.2, 0.25) is 5.91 Å². The smallest absolute Gasteiger partial charge is 0.228 e. The van der Waals surface area contributed by atoms with Crippen LogP contribution < -0.4 is 5.32 Å². The van der Waals surface area contributed by atoms with E-state index < -0.39 is 0 Å². The lowest BCUT2D eigenvalue weighted by atomic mass is 10.1. The van der Waals surface area contributed by atoms with Crippen molar-refractivity contribution < 1.29 is 4.79 Å². The van der Waals surface area contributed by atoms with E-state index in [0.29, 0.717) is 6.42 Å². The standard InChI is InChI=1S/C20H20N6O/c1-2-10-25-11-9-16-13-17(5-8-19(16)25)22-20(27)12-15-3-6-18(7-4-15)26-14-21-23-24-26/h3-9,11,13-14H,2,10,12H2,1H3,(H,22,27). The molecule has 0 aliphatic rings. The van der Waals surface area contributed by atoms with Crippen LogP contribution in [0.1, 0.15) is 18.9 Å². The molecule has 27 heavy (non-hydrogen) atoms. The Hall–Kier alpha value is -3.48. The molecule has 0 spiro atoms. The lowest BCUT2D eigenvalue weighted by Crippen LogP contribution is -2.14. The third-order valence-electron chi connectivity index (χ3n) is 4.43. The van der Waals surface area contributed by atoms with Gasteiger partial charge in [0.05, 0.1) is 12.1 Å². The number of hydrogen-bond acceptors (Lipinski definition) is 4. The van der Waals surface area contributed by atoms with Crippen LogP contribution in [0.3, 0.4) is 0 Å². The number of nitrogens with zero attached hydrogens (tertiary/aromatic N) is 5. The zero-order valence-corrected chi connectivity index (χ0v) is 15.0. The number of rotatable bonds is 6. The molecule has 7 nitrogen and oxygen atoms in total. The molecule has 0 bridgehead atoms. The maximum Gasteiger partial charge on any atom is 0.228 e. The van der Waals surface area contributed by atoms with E-state index >= 15 is 0 Å². The number of hydrogen-bond donors (Lipinski definition) is 1. The highest BCUT2D eigenvalue weighted by Gasteiger charge is 2.07. The first-order chi connectivity index (χ1) is 13.2. The van der Waals surface area contributed by atoms with Gasteiger partial charge in [-0.1, -0.05) is 19.1 Å². The van der Waals surface area contributed by atoms with Gasteiger partial charge in [-0.25, -0.2) is 4.68 Å². The van der Waals surface area contributed by atoms with Crippen LogP contribution in [-0.2, 0) is 17.8 Å². The van der Waals surface area contributed by atoms with Gasteiger partial charge in [0.1, 0.15) is 6.33 Å². The maximum absolute atomic E-state index is 12.4. The van der Waals surface area contributed by atoms with Crippen molar-refractivity contribution in [1.29, 1.82) is 0 Å². The highest BCUT2D eigenvalue weighted by molar-refractivity contribution is 5.95. The number of carbonyl (C=O) groups is 1. The van der Waals surface area contributed by atoms with E-state index in [0.717, 1.165) is 35.3 Å². The summed E-state index contributed by atoms with van der Waals surface area (Å²) in [5, 5.41) is 15.2. The number of tetrazole rings is 1. The van der Waals surface area contributed by atoms with Gasteiger partial charge in [0.15, 0.2) is 0 Å². The molecule has 4 rings (SSSR count). The minimum absolute atomic E-state index is 0.0440. The van der Waals surface area contributed by atoms with Gasteiger partial charge >= 0.3 is 0 Å². The first-order valence-corrected chi connectivity index (χ1v) is 8.94. The molecule has 0 atom stereocenters. The van der Waals surface area contributed by atoms with Crippen LogP contribution in [0, 0.1) is 0 Å². The maximum atomic E-state index is 12.4. The number of aryl methyl sites for hydroxylation is 1. The molecule has 7 heteroatoms. The number of carbonyl (C=O) groups excluding carboxylic acids is 1. The lowest BCUT2D eigenvalue weighted by molar-refractivity contribution is -0.115. The predicted molar refractivity (Wildman–Crippen MR) is 104 cm³/mol. The minimum Gasteiger partial charge on any atom is -0.347 e. The van der Waals surface area contributed by atoms with Gasteiger partial charge in [0, 0.05) is 29.3 Å². The second kappa shape index (κ2) is 7.41. The number of nitrogens with one attached hydrogen (secondary N) is 1. The number of amides is 1. The fraction of sp³-hybridized carbons (Fsp3) is 0.200. The van der Waals surface area contributed by atoms with Gasteiger partial charge in [-0.2, -0.15) is 0 Å². The SMILES string of the molecule is CCCn1ccc2cc(NC(=O)Cc3ccc(-n4cnnn4)cc3)ccc21. The molecule has 1 N–H and O–H groups in total. The summed E-state index contributed by atoms with van der Waals surface area (Å²) < 4.78 is 3.80. The second-order valence-electron chi connectivity index (χ2n) is 6.43. The van der Waals surface area contributed by atoms with Crippen LogP contribution >= 0.6 is 0 Å². The first-order valence-electron chi connectivity index (χ1n) is 8.94. The molecule has 0 fully saturated rings. The van der Waals surface area contributed by atoms with Crippen LogP contribution in [-0.4, -0.2) is 30.7 Å². The predicted octanol–water partition coefficient (Wildman–Crippen LogP) is 3.21. The van der Waals surface area contributed by atoms with E-state index in [1.54, 1.807) is 4.68 Å². The first kappa shape index (κ1) is 17.0. The Kier molecular flexibility index (Phi) is 4.65. The quantitative estimate of drug-likeness (QED) is 0.573. The Bertz CT molecular complexity index is 1050. The van der Waals surface area contributed by atoms with E-state index in [4.69, 9.17) is 0 Å². The number of benzene rings is 2. The molecule has 2 aromatic carbocycles. The molecule has 0 saturated carbocycles. The molecule has 0 aliphatic carbocycles. The number of anilines is 1. The molecule has 136 valence electrons. The van der Waals surface area contributed by atoms with Crippen molar-refractivity contribution in [2.45, 2.75) is 26.3 Å². The van der Waals surface area contributed by atoms with Gasteiger partial charge in [0.25, 0.3) is 0 Å². The monoisotopic (exact) mass is 360 g/mol. The van der Waals surface area contributed by atoms with Gasteiger partial charge in [-0.05, 0) is 58.8 Å². The molecule has 0 unspecified atom stereocenters. The summed E-state index contributed by atoms with van der Waals surface area (Å²) in [5.41, 5.74) is 3.78. The van der Waals surface area contributed by atoms with Gasteiger partial charge in [-0.3, -0.25) is 4.79 Å². The third kappa shape index (κ3) is 3.72. The Morgan fingerprint density at radius 1 is 1.11 bits per heavy atom. The fourth-order valence-electron chi connectivity index (χ4n) is 3.15. The Labute approximate surface area is 156 Å². The molecule has 0 saturated heterocycles. The zero-order chi connectivity index (χ0) is 18.6. The Morgan fingerprint density at radius 2 is 1.96 bits per heavy atom. The van der Waals surface area contributed by atoms with Crippen molar-refractivity contribution in [2.75, 3.05) is 5.32 Å². The van der Waals surface area contributed by atoms with Crippen molar-refractivity contribution >= 4 is 22.5 Å². The summed E-state index contributed by atoms with van der Waals surface area (Å²) in [6.45, 7) is 3.16. The second-order valence-corrected chi connectivity index (χ2v) is 6.43. The molecule has 2 heterocycles. The summed E-state index contributed by atoms with van der Waals surface area (Å²) in [7, 11) is 0. The van der Waals surface area contributed by atoms with E-state index in [2.05, 4.69) is 50.7 Å². The fourth-order valence-corrected chi connectivity index (χ4v) is 3.15. The van der Waals surface area contributed by atoms with E-state index in [1.807, 2.05) is 36.4 Å².